The summed E-state index contributed by atoms with van der Waals surface area (Å²) >= 11 is 5.95. The van der Waals surface area contributed by atoms with Gasteiger partial charge in [0, 0.05) is 24.7 Å². The monoisotopic (exact) mass is 360 g/mol. The van der Waals surface area contributed by atoms with E-state index in [1.807, 2.05) is 48.5 Å². The van der Waals surface area contributed by atoms with Gasteiger partial charge >= 0.3 is 0 Å². The van der Waals surface area contributed by atoms with Gasteiger partial charge in [0.15, 0.2) is 6.61 Å². The minimum absolute atomic E-state index is 0.0594. The predicted octanol–water partition coefficient (Wildman–Crippen LogP) is 2.78. The second-order valence-corrected chi connectivity index (χ2v) is 6.48. The SMILES string of the molecule is NC(=O)COc1ccc(CN2CCO[C@@H](c3ccc(Cl)cc3)C2)cc1. The first-order valence-electron chi connectivity index (χ1n) is 8.19. The lowest BCUT2D eigenvalue weighted by Gasteiger charge is -2.33. The molecule has 0 aromatic heterocycles. The van der Waals surface area contributed by atoms with Gasteiger partial charge < -0.3 is 15.2 Å². The van der Waals surface area contributed by atoms with Gasteiger partial charge in [0.05, 0.1) is 12.7 Å². The van der Waals surface area contributed by atoms with Crippen molar-refractivity contribution in [3.05, 3.63) is 64.7 Å². The molecule has 1 aliphatic heterocycles. The van der Waals surface area contributed by atoms with Gasteiger partial charge in [0.2, 0.25) is 0 Å². The molecule has 0 radical (unpaired) electrons. The molecule has 0 aliphatic carbocycles. The van der Waals surface area contributed by atoms with Crippen LogP contribution in [0.4, 0.5) is 0 Å². The zero-order chi connectivity index (χ0) is 17.6. The largest absolute Gasteiger partial charge is 0.484 e. The van der Waals surface area contributed by atoms with Crippen molar-refractivity contribution in [2.24, 2.45) is 5.73 Å². The number of nitrogens with zero attached hydrogens (tertiary/aromatic N) is 1. The number of carbonyl (C=O) groups excluding carboxylic acids is 1. The molecule has 5 nitrogen and oxygen atoms in total. The summed E-state index contributed by atoms with van der Waals surface area (Å²) in [5, 5.41) is 0.732. The number of rotatable bonds is 6. The van der Waals surface area contributed by atoms with Crippen molar-refractivity contribution in [3.8, 4) is 5.75 Å². The van der Waals surface area contributed by atoms with Crippen LogP contribution in [0.5, 0.6) is 5.75 Å². The molecule has 2 N–H and O–H groups in total. The molecule has 1 atom stereocenters. The maximum atomic E-state index is 10.7. The molecule has 132 valence electrons. The van der Waals surface area contributed by atoms with E-state index in [0.717, 1.165) is 30.2 Å². The Morgan fingerprint density at radius 1 is 1.20 bits per heavy atom. The first-order valence-corrected chi connectivity index (χ1v) is 8.57. The molecule has 2 aromatic carbocycles. The van der Waals surface area contributed by atoms with E-state index in [1.165, 1.54) is 5.56 Å². The Hall–Kier alpha value is -2.08. The lowest BCUT2D eigenvalue weighted by atomic mass is 10.1. The van der Waals surface area contributed by atoms with Crippen molar-refractivity contribution in [1.82, 2.24) is 4.90 Å². The Kier molecular flexibility index (Phi) is 5.91. The van der Waals surface area contributed by atoms with Gasteiger partial charge in [-0.3, -0.25) is 9.69 Å². The average molecular weight is 361 g/mol. The van der Waals surface area contributed by atoms with Crippen LogP contribution in [-0.4, -0.2) is 37.1 Å². The molecule has 0 spiro atoms. The van der Waals surface area contributed by atoms with E-state index in [2.05, 4.69) is 4.90 Å². The van der Waals surface area contributed by atoms with Crippen molar-refractivity contribution in [2.45, 2.75) is 12.6 Å². The summed E-state index contributed by atoms with van der Waals surface area (Å²) in [7, 11) is 0. The molecule has 1 fully saturated rings. The van der Waals surface area contributed by atoms with E-state index >= 15 is 0 Å². The van der Waals surface area contributed by atoms with Crippen molar-refractivity contribution in [1.29, 1.82) is 0 Å². The van der Waals surface area contributed by atoms with E-state index in [1.54, 1.807) is 0 Å². The smallest absolute Gasteiger partial charge is 0.255 e. The van der Waals surface area contributed by atoms with Crippen molar-refractivity contribution < 1.29 is 14.3 Å². The Labute approximate surface area is 152 Å². The number of halogens is 1. The third kappa shape index (κ3) is 5.19. The molecule has 3 rings (SSSR count). The molecule has 6 heteroatoms. The van der Waals surface area contributed by atoms with E-state index in [9.17, 15) is 4.79 Å². The van der Waals surface area contributed by atoms with Crippen LogP contribution in [0.15, 0.2) is 48.5 Å². The normalized spacial score (nSPS) is 18.0. The van der Waals surface area contributed by atoms with Crippen molar-refractivity contribution >= 4 is 17.5 Å². The van der Waals surface area contributed by atoms with Gasteiger partial charge in [-0.05, 0) is 35.4 Å². The molecule has 1 aliphatic rings. The maximum absolute atomic E-state index is 10.7. The van der Waals surface area contributed by atoms with Gasteiger partial charge in [-0.1, -0.05) is 35.9 Å². The number of primary amides is 1. The summed E-state index contributed by atoms with van der Waals surface area (Å²) in [6, 6.07) is 15.5. The van der Waals surface area contributed by atoms with Crippen LogP contribution in [0.25, 0.3) is 0 Å². The summed E-state index contributed by atoms with van der Waals surface area (Å²) < 4.78 is 11.2. The quantitative estimate of drug-likeness (QED) is 0.860. The predicted molar refractivity (Wildman–Crippen MR) is 96.6 cm³/mol. The summed E-state index contributed by atoms with van der Waals surface area (Å²) in [6.45, 7) is 3.16. The lowest BCUT2D eigenvalue weighted by Crippen LogP contribution is -2.37. The lowest BCUT2D eigenvalue weighted by molar-refractivity contribution is -0.119. The van der Waals surface area contributed by atoms with Crippen molar-refractivity contribution in [2.75, 3.05) is 26.3 Å². The molecule has 0 saturated carbocycles. The third-order valence-corrected chi connectivity index (χ3v) is 4.35. The third-order valence-electron chi connectivity index (χ3n) is 4.10. The van der Waals surface area contributed by atoms with Crippen LogP contribution in [0.3, 0.4) is 0 Å². The molecular formula is C19H21ClN2O3. The molecular weight excluding hydrogens is 340 g/mol. The Bertz CT molecular complexity index is 704. The fraction of sp³-hybridized carbons (Fsp3) is 0.316. The highest BCUT2D eigenvalue weighted by Crippen LogP contribution is 2.25. The molecule has 1 amide bonds. The highest BCUT2D eigenvalue weighted by molar-refractivity contribution is 6.30. The van der Waals surface area contributed by atoms with Gasteiger partial charge in [0.1, 0.15) is 5.75 Å². The highest BCUT2D eigenvalue weighted by atomic mass is 35.5. The van der Waals surface area contributed by atoms with Crippen molar-refractivity contribution in [3.63, 3.8) is 0 Å². The second kappa shape index (κ2) is 8.34. The van der Waals surface area contributed by atoms with Gasteiger partial charge in [0.25, 0.3) is 5.91 Å². The zero-order valence-corrected chi connectivity index (χ0v) is 14.6. The zero-order valence-electron chi connectivity index (χ0n) is 13.9. The van der Waals surface area contributed by atoms with Gasteiger partial charge in [-0.2, -0.15) is 0 Å². The number of benzene rings is 2. The molecule has 25 heavy (non-hydrogen) atoms. The molecule has 0 bridgehead atoms. The van der Waals surface area contributed by atoms with Crippen LogP contribution in [-0.2, 0) is 16.1 Å². The van der Waals surface area contributed by atoms with E-state index in [4.69, 9.17) is 26.8 Å². The Morgan fingerprint density at radius 2 is 1.92 bits per heavy atom. The first-order chi connectivity index (χ1) is 12.1. The molecule has 1 heterocycles. The van der Waals surface area contributed by atoms with E-state index in [-0.39, 0.29) is 12.7 Å². The molecule has 1 saturated heterocycles. The minimum Gasteiger partial charge on any atom is -0.484 e. The first kappa shape index (κ1) is 17.7. The summed E-state index contributed by atoms with van der Waals surface area (Å²) in [5.41, 5.74) is 7.40. The van der Waals surface area contributed by atoms with Crippen LogP contribution < -0.4 is 10.5 Å². The minimum atomic E-state index is -0.481. The summed E-state index contributed by atoms with van der Waals surface area (Å²) in [4.78, 5) is 13.1. The molecule has 0 unspecified atom stereocenters. The number of amides is 1. The van der Waals surface area contributed by atoms with Crippen LogP contribution >= 0.6 is 11.6 Å². The number of nitrogens with two attached hydrogens (primary N) is 1. The van der Waals surface area contributed by atoms with Crippen LogP contribution in [0.1, 0.15) is 17.2 Å². The van der Waals surface area contributed by atoms with E-state index in [0.29, 0.717) is 12.4 Å². The van der Waals surface area contributed by atoms with Crippen LogP contribution in [0, 0.1) is 0 Å². The van der Waals surface area contributed by atoms with Crippen LogP contribution in [0.2, 0.25) is 5.02 Å². The van der Waals surface area contributed by atoms with Gasteiger partial charge in [-0.15, -0.1) is 0 Å². The Balaban J connectivity index is 1.57. The number of hydrogen-bond donors (Lipinski definition) is 1. The molecule has 2 aromatic rings. The fourth-order valence-corrected chi connectivity index (χ4v) is 2.95. The maximum Gasteiger partial charge on any atom is 0.255 e. The number of carbonyl (C=O) groups is 1. The van der Waals surface area contributed by atoms with Gasteiger partial charge in [-0.25, -0.2) is 0 Å². The summed E-state index contributed by atoms with van der Waals surface area (Å²) in [5.74, 6) is 0.161. The Morgan fingerprint density at radius 3 is 2.60 bits per heavy atom. The highest BCUT2D eigenvalue weighted by Gasteiger charge is 2.22. The van der Waals surface area contributed by atoms with E-state index < -0.39 is 5.91 Å². The number of morpholine rings is 1. The standard InChI is InChI=1S/C19H21ClN2O3/c20-16-5-3-15(4-6-16)18-12-22(9-10-24-18)11-14-1-7-17(8-2-14)25-13-19(21)23/h1-8,18H,9-13H2,(H2,21,23)/t18-/m1/s1. The summed E-state index contributed by atoms with van der Waals surface area (Å²) in [6.07, 6.45) is 0.0594. The average Bonchev–Trinajstić information content (AvgIpc) is 2.62. The fourth-order valence-electron chi connectivity index (χ4n) is 2.83. The topological polar surface area (TPSA) is 64.8 Å². The second-order valence-electron chi connectivity index (χ2n) is 6.05. The number of hydrogen-bond acceptors (Lipinski definition) is 4. The number of ether oxygens (including phenoxy) is 2.